The SMILES string of the molecule is COc1ccc(-c2oc3c(OC)c(OC)c(O)c(OC)c3c(=O)c2O)cc1. The molecule has 2 aromatic carbocycles. The average Bonchev–Trinajstić information content (AvgIpc) is 2.70. The summed E-state index contributed by atoms with van der Waals surface area (Å²) in [6.45, 7) is 0. The molecule has 8 nitrogen and oxygen atoms in total. The lowest BCUT2D eigenvalue weighted by Crippen LogP contribution is -2.07. The Bertz CT molecular complexity index is 1050. The topological polar surface area (TPSA) is 108 Å². The zero-order chi connectivity index (χ0) is 19.7. The van der Waals surface area contributed by atoms with Gasteiger partial charge in [0.15, 0.2) is 17.1 Å². The van der Waals surface area contributed by atoms with Crippen LogP contribution in [0, 0.1) is 0 Å². The van der Waals surface area contributed by atoms with Crippen molar-refractivity contribution in [2.24, 2.45) is 0 Å². The Kier molecular flexibility index (Phi) is 4.72. The lowest BCUT2D eigenvalue weighted by molar-refractivity contribution is 0.316. The highest BCUT2D eigenvalue weighted by molar-refractivity contribution is 5.96. The highest BCUT2D eigenvalue weighted by Gasteiger charge is 2.28. The number of aromatic hydroxyl groups is 2. The molecule has 3 aromatic rings. The Balaban J connectivity index is 2.44. The first-order valence-electron chi connectivity index (χ1n) is 7.83. The van der Waals surface area contributed by atoms with Gasteiger partial charge < -0.3 is 33.6 Å². The van der Waals surface area contributed by atoms with E-state index in [2.05, 4.69) is 0 Å². The summed E-state index contributed by atoms with van der Waals surface area (Å²) in [6.07, 6.45) is 0. The van der Waals surface area contributed by atoms with Crippen molar-refractivity contribution in [1.82, 2.24) is 0 Å². The van der Waals surface area contributed by atoms with Gasteiger partial charge in [0, 0.05) is 5.56 Å². The van der Waals surface area contributed by atoms with Crippen LogP contribution in [0.25, 0.3) is 22.3 Å². The van der Waals surface area contributed by atoms with E-state index in [0.717, 1.165) is 0 Å². The highest BCUT2D eigenvalue weighted by Crippen LogP contribution is 2.50. The van der Waals surface area contributed by atoms with Crippen LogP contribution in [0.3, 0.4) is 0 Å². The molecular weight excluding hydrogens is 356 g/mol. The van der Waals surface area contributed by atoms with Gasteiger partial charge in [-0.05, 0) is 24.3 Å². The monoisotopic (exact) mass is 374 g/mol. The molecule has 0 aliphatic rings. The van der Waals surface area contributed by atoms with Gasteiger partial charge in [-0.1, -0.05) is 0 Å². The van der Waals surface area contributed by atoms with E-state index in [4.69, 9.17) is 23.4 Å². The number of ether oxygens (including phenoxy) is 4. The summed E-state index contributed by atoms with van der Waals surface area (Å²) >= 11 is 0. The van der Waals surface area contributed by atoms with Crippen LogP contribution >= 0.6 is 0 Å². The van der Waals surface area contributed by atoms with E-state index in [1.807, 2.05) is 0 Å². The molecule has 0 radical (unpaired) electrons. The molecule has 0 spiro atoms. The molecule has 0 amide bonds. The van der Waals surface area contributed by atoms with Crippen molar-refractivity contribution >= 4 is 11.0 Å². The van der Waals surface area contributed by atoms with Gasteiger partial charge in [-0.25, -0.2) is 0 Å². The maximum absolute atomic E-state index is 12.8. The Morgan fingerprint density at radius 3 is 1.89 bits per heavy atom. The number of hydrogen-bond acceptors (Lipinski definition) is 8. The molecule has 0 saturated carbocycles. The van der Waals surface area contributed by atoms with Crippen molar-refractivity contribution in [2.75, 3.05) is 28.4 Å². The van der Waals surface area contributed by atoms with E-state index in [9.17, 15) is 15.0 Å². The van der Waals surface area contributed by atoms with Gasteiger partial charge in [0.25, 0.3) is 0 Å². The molecule has 0 unspecified atom stereocenters. The normalized spacial score (nSPS) is 10.7. The molecule has 27 heavy (non-hydrogen) atoms. The van der Waals surface area contributed by atoms with Crippen molar-refractivity contribution in [3.05, 3.63) is 34.5 Å². The van der Waals surface area contributed by atoms with Crippen molar-refractivity contribution in [3.8, 4) is 45.8 Å². The molecule has 1 aromatic heterocycles. The Hall–Kier alpha value is -3.55. The lowest BCUT2D eigenvalue weighted by Gasteiger charge is -2.16. The molecule has 8 heteroatoms. The lowest BCUT2D eigenvalue weighted by atomic mass is 10.1. The Labute approximate surface area is 154 Å². The van der Waals surface area contributed by atoms with Crippen LogP contribution in [0.4, 0.5) is 0 Å². The van der Waals surface area contributed by atoms with Crippen LogP contribution in [0.5, 0.6) is 34.5 Å². The molecule has 1 heterocycles. The second-order valence-electron chi connectivity index (χ2n) is 5.49. The van der Waals surface area contributed by atoms with E-state index in [1.165, 1.54) is 28.4 Å². The smallest absolute Gasteiger partial charge is 0.239 e. The number of fused-ring (bicyclic) bond motifs is 1. The summed E-state index contributed by atoms with van der Waals surface area (Å²) in [5.41, 5.74) is -0.367. The minimum Gasteiger partial charge on any atom is -0.502 e. The maximum Gasteiger partial charge on any atom is 0.239 e. The fraction of sp³-hybridized carbons (Fsp3) is 0.211. The molecule has 0 fully saturated rings. The van der Waals surface area contributed by atoms with Gasteiger partial charge >= 0.3 is 0 Å². The second kappa shape index (κ2) is 6.99. The number of methoxy groups -OCH3 is 4. The van der Waals surface area contributed by atoms with Crippen LogP contribution in [0.15, 0.2) is 33.5 Å². The zero-order valence-corrected chi connectivity index (χ0v) is 15.2. The van der Waals surface area contributed by atoms with Crippen molar-refractivity contribution in [2.45, 2.75) is 0 Å². The third-order valence-electron chi connectivity index (χ3n) is 4.12. The summed E-state index contributed by atoms with van der Waals surface area (Å²) in [7, 11) is 5.46. The minimum absolute atomic E-state index is 0.00217. The zero-order valence-electron chi connectivity index (χ0n) is 15.2. The van der Waals surface area contributed by atoms with E-state index in [1.54, 1.807) is 24.3 Å². The standard InChI is InChI=1S/C19H18O8/c1-23-10-7-5-9(6-8-10)15-13(21)12(20)11-16(24-2)14(22)18(25-3)19(26-4)17(11)27-15/h5-8,21-22H,1-4H3. The van der Waals surface area contributed by atoms with Crippen LogP contribution in [0.1, 0.15) is 0 Å². The number of phenolic OH excluding ortho intramolecular Hbond substituents is 1. The number of benzene rings is 2. The van der Waals surface area contributed by atoms with Gasteiger partial charge in [0.05, 0.1) is 28.4 Å². The van der Waals surface area contributed by atoms with E-state index < -0.39 is 16.9 Å². The van der Waals surface area contributed by atoms with Gasteiger partial charge in [-0.15, -0.1) is 0 Å². The average molecular weight is 374 g/mol. The van der Waals surface area contributed by atoms with Gasteiger partial charge in [0.2, 0.25) is 28.4 Å². The predicted octanol–water partition coefficient (Wildman–Crippen LogP) is 2.91. The molecule has 142 valence electrons. The van der Waals surface area contributed by atoms with Crippen LogP contribution in [-0.4, -0.2) is 38.7 Å². The fourth-order valence-corrected chi connectivity index (χ4v) is 2.84. The Morgan fingerprint density at radius 2 is 1.37 bits per heavy atom. The van der Waals surface area contributed by atoms with Crippen LogP contribution in [0.2, 0.25) is 0 Å². The Morgan fingerprint density at radius 1 is 0.778 bits per heavy atom. The van der Waals surface area contributed by atoms with Crippen LogP contribution < -0.4 is 24.4 Å². The third-order valence-corrected chi connectivity index (χ3v) is 4.12. The maximum atomic E-state index is 12.8. The largest absolute Gasteiger partial charge is 0.502 e. The molecule has 0 aliphatic heterocycles. The quantitative estimate of drug-likeness (QED) is 0.702. The number of phenols is 1. The van der Waals surface area contributed by atoms with Gasteiger partial charge in [0.1, 0.15) is 11.1 Å². The van der Waals surface area contributed by atoms with Crippen LogP contribution in [-0.2, 0) is 0 Å². The first-order chi connectivity index (χ1) is 13.0. The molecule has 0 atom stereocenters. The number of hydrogen-bond donors (Lipinski definition) is 2. The van der Waals surface area contributed by atoms with Gasteiger partial charge in [-0.2, -0.15) is 0 Å². The molecule has 2 N–H and O–H groups in total. The molecular formula is C19H18O8. The first-order valence-corrected chi connectivity index (χ1v) is 7.83. The molecule has 0 aliphatic carbocycles. The summed E-state index contributed by atoms with van der Waals surface area (Å²) in [4.78, 5) is 12.8. The van der Waals surface area contributed by atoms with E-state index >= 15 is 0 Å². The van der Waals surface area contributed by atoms with Gasteiger partial charge in [-0.3, -0.25) is 4.79 Å². The molecule has 3 rings (SSSR count). The predicted molar refractivity (Wildman–Crippen MR) is 97.5 cm³/mol. The second-order valence-corrected chi connectivity index (χ2v) is 5.49. The summed E-state index contributed by atoms with van der Waals surface area (Å²) < 4.78 is 26.5. The fourth-order valence-electron chi connectivity index (χ4n) is 2.84. The van der Waals surface area contributed by atoms with Crippen molar-refractivity contribution in [1.29, 1.82) is 0 Å². The van der Waals surface area contributed by atoms with Crippen molar-refractivity contribution in [3.63, 3.8) is 0 Å². The van der Waals surface area contributed by atoms with E-state index in [0.29, 0.717) is 11.3 Å². The van der Waals surface area contributed by atoms with E-state index in [-0.39, 0.29) is 34.0 Å². The first kappa shape index (κ1) is 18.2. The summed E-state index contributed by atoms with van der Waals surface area (Å²) in [5.74, 6) is -0.775. The summed E-state index contributed by atoms with van der Waals surface area (Å²) in [5, 5.41) is 20.6. The van der Waals surface area contributed by atoms with Crippen molar-refractivity contribution < 1.29 is 33.6 Å². The minimum atomic E-state index is -0.782. The third kappa shape index (κ3) is 2.75. The molecule has 0 bridgehead atoms. The molecule has 0 saturated heterocycles. The summed E-state index contributed by atoms with van der Waals surface area (Å²) in [6, 6.07) is 6.58. The number of rotatable bonds is 5. The highest BCUT2D eigenvalue weighted by atomic mass is 16.5.